The highest BCUT2D eigenvalue weighted by molar-refractivity contribution is 9.11. The molecular formula is C14H20BrN3O2. The van der Waals surface area contributed by atoms with Crippen LogP contribution in [0.1, 0.15) is 42.8 Å². The highest BCUT2D eigenvalue weighted by Gasteiger charge is 2.24. The Hall–Kier alpha value is -1.30. The van der Waals surface area contributed by atoms with Crippen molar-refractivity contribution >= 4 is 22.0 Å². The summed E-state index contributed by atoms with van der Waals surface area (Å²) in [5, 5.41) is 7.04. The summed E-state index contributed by atoms with van der Waals surface area (Å²) in [7, 11) is 0. The smallest absolute Gasteiger partial charge is 0.318 e. The highest BCUT2D eigenvalue weighted by Crippen LogP contribution is 2.24. The number of urea groups is 1. The van der Waals surface area contributed by atoms with Crippen LogP contribution in [-0.2, 0) is 0 Å². The number of aromatic nitrogens is 1. The van der Waals surface area contributed by atoms with Gasteiger partial charge in [0.1, 0.15) is 5.76 Å². The third-order valence-electron chi connectivity index (χ3n) is 3.54. The van der Waals surface area contributed by atoms with Gasteiger partial charge < -0.3 is 14.7 Å². The summed E-state index contributed by atoms with van der Waals surface area (Å²) in [5.74, 6) is 0.773. The van der Waals surface area contributed by atoms with E-state index in [1.54, 1.807) is 0 Å². The minimum absolute atomic E-state index is 0.0399. The molecule has 0 spiro atoms. The molecule has 1 atom stereocenters. The van der Waals surface area contributed by atoms with E-state index < -0.39 is 0 Å². The van der Waals surface area contributed by atoms with Crippen molar-refractivity contribution in [1.82, 2.24) is 15.4 Å². The fourth-order valence-corrected chi connectivity index (χ4v) is 3.01. The molecule has 0 bridgehead atoms. The van der Waals surface area contributed by atoms with Crippen molar-refractivity contribution in [2.45, 2.75) is 39.7 Å². The minimum Gasteiger partial charge on any atom is -0.361 e. The molecule has 0 saturated heterocycles. The van der Waals surface area contributed by atoms with Crippen LogP contribution in [0.3, 0.4) is 0 Å². The zero-order valence-corrected chi connectivity index (χ0v) is 13.7. The first-order chi connectivity index (χ1) is 9.52. The number of rotatable bonds is 3. The molecule has 20 heavy (non-hydrogen) atoms. The van der Waals surface area contributed by atoms with Gasteiger partial charge in [-0.15, -0.1) is 0 Å². The van der Waals surface area contributed by atoms with Crippen LogP contribution < -0.4 is 5.32 Å². The molecule has 2 heterocycles. The largest absolute Gasteiger partial charge is 0.361 e. The lowest BCUT2D eigenvalue weighted by Crippen LogP contribution is -2.43. The summed E-state index contributed by atoms with van der Waals surface area (Å²) in [6, 6.07) is -0.0969. The van der Waals surface area contributed by atoms with Crippen molar-refractivity contribution in [3.05, 3.63) is 27.6 Å². The Balaban J connectivity index is 2.07. The molecule has 5 nitrogen and oxygen atoms in total. The zero-order chi connectivity index (χ0) is 14.7. The molecule has 0 aromatic carbocycles. The molecule has 0 unspecified atom stereocenters. The van der Waals surface area contributed by atoms with E-state index in [1.807, 2.05) is 25.7 Å². The van der Waals surface area contributed by atoms with E-state index in [2.05, 4.69) is 32.5 Å². The van der Waals surface area contributed by atoms with E-state index in [4.69, 9.17) is 4.52 Å². The third kappa shape index (κ3) is 3.23. The quantitative estimate of drug-likeness (QED) is 0.915. The number of aryl methyl sites for hydroxylation is 2. The summed E-state index contributed by atoms with van der Waals surface area (Å²) in [5.41, 5.74) is 1.84. The number of halogens is 1. The van der Waals surface area contributed by atoms with Crippen LogP contribution in [0.5, 0.6) is 0 Å². The summed E-state index contributed by atoms with van der Waals surface area (Å²) in [4.78, 5) is 14.2. The SMILES string of the molecule is CC[C@H](NC(=O)N1CCC=C(Br)C1)c1c(C)noc1C. The van der Waals surface area contributed by atoms with E-state index >= 15 is 0 Å². The van der Waals surface area contributed by atoms with E-state index in [0.717, 1.165) is 40.9 Å². The van der Waals surface area contributed by atoms with Gasteiger partial charge in [-0.25, -0.2) is 4.79 Å². The summed E-state index contributed by atoms with van der Waals surface area (Å²) < 4.78 is 6.25. The second-order valence-corrected chi connectivity index (χ2v) is 6.03. The number of hydrogen-bond donors (Lipinski definition) is 1. The summed E-state index contributed by atoms with van der Waals surface area (Å²) in [6.07, 6.45) is 3.80. The van der Waals surface area contributed by atoms with Crippen LogP contribution in [0.4, 0.5) is 4.79 Å². The van der Waals surface area contributed by atoms with Gasteiger partial charge in [0, 0.05) is 16.6 Å². The third-order valence-corrected chi connectivity index (χ3v) is 4.11. The average molecular weight is 342 g/mol. The van der Waals surface area contributed by atoms with Gasteiger partial charge in [0.2, 0.25) is 0 Å². The molecule has 2 amide bonds. The Labute approximate surface area is 127 Å². The zero-order valence-electron chi connectivity index (χ0n) is 12.1. The van der Waals surface area contributed by atoms with Gasteiger partial charge in [-0.2, -0.15) is 0 Å². The number of hydrogen-bond acceptors (Lipinski definition) is 3. The lowest BCUT2D eigenvalue weighted by molar-refractivity contribution is 0.197. The van der Waals surface area contributed by atoms with Gasteiger partial charge in [-0.05, 0) is 26.7 Å². The Morgan fingerprint density at radius 1 is 1.60 bits per heavy atom. The van der Waals surface area contributed by atoms with Crippen LogP contribution in [0.25, 0.3) is 0 Å². The predicted octanol–water partition coefficient (Wildman–Crippen LogP) is 3.44. The second kappa shape index (κ2) is 6.43. The van der Waals surface area contributed by atoms with Gasteiger partial charge >= 0.3 is 6.03 Å². The number of carbonyl (C=O) groups excluding carboxylic acids is 1. The van der Waals surface area contributed by atoms with E-state index in [9.17, 15) is 4.79 Å². The molecular weight excluding hydrogens is 322 g/mol. The molecule has 1 N–H and O–H groups in total. The highest BCUT2D eigenvalue weighted by atomic mass is 79.9. The maximum atomic E-state index is 12.3. The molecule has 0 aliphatic carbocycles. The lowest BCUT2D eigenvalue weighted by atomic mass is 10.0. The Kier molecular flexibility index (Phi) is 4.86. The van der Waals surface area contributed by atoms with Crippen LogP contribution in [-0.4, -0.2) is 29.2 Å². The van der Waals surface area contributed by atoms with E-state index in [0.29, 0.717) is 6.54 Å². The molecule has 6 heteroatoms. The Bertz CT molecular complexity index is 505. The van der Waals surface area contributed by atoms with Crippen molar-refractivity contribution in [3.8, 4) is 0 Å². The van der Waals surface area contributed by atoms with Crippen molar-refractivity contribution in [2.75, 3.05) is 13.1 Å². The molecule has 110 valence electrons. The lowest BCUT2D eigenvalue weighted by Gasteiger charge is -2.28. The Morgan fingerprint density at radius 2 is 2.35 bits per heavy atom. The van der Waals surface area contributed by atoms with Crippen LogP contribution in [0.2, 0.25) is 0 Å². The minimum atomic E-state index is -0.0570. The van der Waals surface area contributed by atoms with Gasteiger partial charge in [0.05, 0.1) is 18.3 Å². The van der Waals surface area contributed by atoms with Gasteiger partial charge in [-0.1, -0.05) is 34.1 Å². The molecule has 0 radical (unpaired) electrons. The number of nitrogens with zero attached hydrogens (tertiary/aromatic N) is 2. The molecule has 0 fully saturated rings. The van der Waals surface area contributed by atoms with Gasteiger partial charge in [0.15, 0.2) is 0 Å². The fourth-order valence-electron chi connectivity index (χ4n) is 2.48. The summed E-state index contributed by atoms with van der Waals surface area (Å²) in [6.45, 7) is 7.21. The standard InChI is InChI=1S/C14H20BrN3O2/c1-4-12(13-9(2)17-20-10(13)3)16-14(19)18-7-5-6-11(15)8-18/h6,12H,4-5,7-8H2,1-3H3,(H,16,19)/t12-/m0/s1. The second-order valence-electron chi connectivity index (χ2n) is 5.01. The number of nitrogens with one attached hydrogen (secondary N) is 1. The summed E-state index contributed by atoms with van der Waals surface area (Å²) >= 11 is 3.46. The fraction of sp³-hybridized carbons (Fsp3) is 0.571. The van der Waals surface area contributed by atoms with Crippen molar-refractivity contribution in [2.24, 2.45) is 0 Å². The predicted molar refractivity (Wildman–Crippen MR) is 80.7 cm³/mol. The number of amides is 2. The molecule has 1 aromatic heterocycles. The maximum Gasteiger partial charge on any atom is 0.318 e. The topological polar surface area (TPSA) is 58.4 Å². The van der Waals surface area contributed by atoms with E-state index in [-0.39, 0.29) is 12.1 Å². The Morgan fingerprint density at radius 3 is 2.90 bits per heavy atom. The van der Waals surface area contributed by atoms with Crippen molar-refractivity contribution in [1.29, 1.82) is 0 Å². The number of carbonyl (C=O) groups is 1. The van der Waals surface area contributed by atoms with Gasteiger partial charge in [-0.3, -0.25) is 0 Å². The average Bonchev–Trinajstić information content (AvgIpc) is 2.75. The first-order valence-electron chi connectivity index (χ1n) is 6.85. The molecule has 1 aromatic rings. The van der Waals surface area contributed by atoms with Gasteiger partial charge in [0.25, 0.3) is 0 Å². The van der Waals surface area contributed by atoms with Crippen LogP contribution in [0.15, 0.2) is 15.1 Å². The first kappa shape index (κ1) is 15.1. The van der Waals surface area contributed by atoms with Crippen molar-refractivity contribution in [3.63, 3.8) is 0 Å². The molecule has 1 aliphatic heterocycles. The van der Waals surface area contributed by atoms with E-state index in [1.165, 1.54) is 0 Å². The molecule has 0 saturated carbocycles. The van der Waals surface area contributed by atoms with Crippen molar-refractivity contribution < 1.29 is 9.32 Å². The van der Waals surface area contributed by atoms with Crippen LogP contribution in [0, 0.1) is 13.8 Å². The molecule has 2 rings (SSSR count). The van der Waals surface area contributed by atoms with Crippen LogP contribution >= 0.6 is 15.9 Å². The maximum absolute atomic E-state index is 12.3. The first-order valence-corrected chi connectivity index (χ1v) is 7.65. The molecule has 1 aliphatic rings. The monoisotopic (exact) mass is 341 g/mol. The normalized spacial score (nSPS) is 16.8.